The molecule has 0 fully saturated rings. The van der Waals surface area contributed by atoms with Gasteiger partial charge in [-0.15, -0.1) is 0 Å². The average Bonchev–Trinajstić information content (AvgIpc) is 2.35. The van der Waals surface area contributed by atoms with Crippen LogP contribution in [0.15, 0.2) is 36.4 Å². The van der Waals surface area contributed by atoms with Crippen molar-refractivity contribution in [3.05, 3.63) is 53.1 Å². The maximum atomic E-state index is 2.33. The first-order chi connectivity index (χ1) is 7.72. The Morgan fingerprint density at radius 1 is 1.19 bits per heavy atom. The molecule has 1 aromatic rings. The number of aryl methyl sites for hydroxylation is 2. The highest BCUT2D eigenvalue weighted by Gasteiger charge is 2.03. The third-order valence-corrected chi connectivity index (χ3v) is 2.93. The molecule has 0 heteroatoms. The van der Waals surface area contributed by atoms with Crippen molar-refractivity contribution in [2.24, 2.45) is 0 Å². The van der Waals surface area contributed by atoms with Gasteiger partial charge in [0.25, 0.3) is 0 Å². The van der Waals surface area contributed by atoms with Crippen LogP contribution in [0.3, 0.4) is 0 Å². The van der Waals surface area contributed by atoms with Crippen molar-refractivity contribution in [3.63, 3.8) is 0 Å². The number of benzene rings is 1. The van der Waals surface area contributed by atoms with Crippen LogP contribution in [0.25, 0.3) is 5.57 Å². The first-order valence-corrected chi connectivity index (χ1v) is 6.14. The molecule has 0 aliphatic rings. The molecular formula is C16H22. The Hall–Kier alpha value is -1.30. The van der Waals surface area contributed by atoms with Crippen molar-refractivity contribution in [2.45, 2.75) is 40.5 Å². The molecule has 0 bridgehead atoms. The van der Waals surface area contributed by atoms with Crippen molar-refractivity contribution in [3.8, 4) is 0 Å². The van der Waals surface area contributed by atoms with Crippen molar-refractivity contribution in [1.29, 1.82) is 0 Å². The molecule has 0 aliphatic carbocycles. The molecule has 0 nitrogen and oxygen atoms in total. The van der Waals surface area contributed by atoms with E-state index in [1.54, 1.807) is 0 Å². The number of hydrogen-bond acceptors (Lipinski definition) is 0. The van der Waals surface area contributed by atoms with Gasteiger partial charge in [-0.25, -0.2) is 0 Å². The van der Waals surface area contributed by atoms with Gasteiger partial charge in [0.15, 0.2) is 0 Å². The summed E-state index contributed by atoms with van der Waals surface area (Å²) >= 11 is 0. The van der Waals surface area contributed by atoms with E-state index in [9.17, 15) is 0 Å². The fraction of sp³-hybridized carbons (Fsp3) is 0.375. The zero-order valence-corrected chi connectivity index (χ0v) is 10.9. The molecule has 0 amide bonds. The van der Waals surface area contributed by atoms with Gasteiger partial charge in [-0.1, -0.05) is 50.3 Å². The minimum atomic E-state index is 1.10. The lowest BCUT2D eigenvalue weighted by molar-refractivity contribution is 1.09. The van der Waals surface area contributed by atoms with Crippen molar-refractivity contribution < 1.29 is 0 Å². The number of allylic oxidation sites excluding steroid dienone is 4. The van der Waals surface area contributed by atoms with Gasteiger partial charge < -0.3 is 0 Å². The summed E-state index contributed by atoms with van der Waals surface area (Å²) in [6.45, 7) is 8.66. The van der Waals surface area contributed by atoms with E-state index >= 15 is 0 Å². The number of rotatable bonds is 4. The van der Waals surface area contributed by atoms with Crippen LogP contribution in [0.5, 0.6) is 0 Å². The predicted octanol–water partition coefficient (Wildman–Crippen LogP) is 4.79. The maximum Gasteiger partial charge on any atom is -0.0193 e. The van der Waals surface area contributed by atoms with E-state index in [1.165, 1.54) is 22.3 Å². The van der Waals surface area contributed by atoms with Gasteiger partial charge in [0.05, 0.1) is 0 Å². The van der Waals surface area contributed by atoms with Crippen LogP contribution in [-0.4, -0.2) is 0 Å². The second kappa shape index (κ2) is 6.32. The molecule has 0 N–H and O–H groups in total. The Morgan fingerprint density at radius 3 is 2.50 bits per heavy atom. The lowest BCUT2D eigenvalue weighted by Gasteiger charge is -2.10. The fourth-order valence-corrected chi connectivity index (χ4v) is 1.85. The summed E-state index contributed by atoms with van der Waals surface area (Å²) in [5.74, 6) is 0. The van der Waals surface area contributed by atoms with Crippen LogP contribution < -0.4 is 0 Å². The zero-order chi connectivity index (χ0) is 12.0. The van der Waals surface area contributed by atoms with Crippen LogP contribution in [-0.2, 0) is 12.8 Å². The monoisotopic (exact) mass is 214 g/mol. The SMILES string of the molecule is C/C=C\C=C(/C)c1cc(CC)ccc1CC. The third kappa shape index (κ3) is 3.10. The van der Waals surface area contributed by atoms with E-state index in [-0.39, 0.29) is 0 Å². The van der Waals surface area contributed by atoms with Crippen molar-refractivity contribution in [1.82, 2.24) is 0 Å². The van der Waals surface area contributed by atoms with Crippen LogP contribution in [0.4, 0.5) is 0 Å². The Kier molecular flexibility index (Phi) is 5.04. The smallest absolute Gasteiger partial charge is 0.0193 e. The quantitative estimate of drug-likeness (QED) is 0.632. The standard InChI is InChI=1S/C16H22/c1-5-8-9-13(4)16-12-14(6-2)10-11-15(16)7-3/h5,8-12H,6-7H2,1-4H3/b8-5-,13-9+. The highest BCUT2D eigenvalue weighted by atomic mass is 14.1. The Balaban J connectivity index is 3.17. The summed E-state index contributed by atoms with van der Waals surface area (Å²) in [5.41, 5.74) is 5.61. The average molecular weight is 214 g/mol. The lowest BCUT2D eigenvalue weighted by Crippen LogP contribution is -1.92. The molecule has 0 heterocycles. The molecule has 1 rings (SSSR count). The highest BCUT2D eigenvalue weighted by Crippen LogP contribution is 2.21. The molecular weight excluding hydrogens is 192 g/mol. The minimum absolute atomic E-state index is 1.10. The number of hydrogen-bond donors (Lipinski definition) is 0. The summed E-state index contributed by atoms with van der Waals surface area (Å²) in [7, 11) is 0. The van der Waals surface area contributed by atoms with Gasteiger partial charge in [-0.2, -0.15) is 0 Å². The molecule has 16 heavy (non-hydrogen) atoms. The van der Waals surface area contributed by atoms with Crippen LogP contribution in [0, 0.1) is 0 Å². The van der Waals surface area contributed by atoms with Gasteiger partial charge in [-0.3, -0.25) is 0 Å². The van der Waals surface area contributed by atoms with Crippen LogP contribution >= 0.6 is 0 Å². The first kappa shape index (κ1) is 12.8. The van der Waals surface area contributed by atoms with E-state index in [1.807, 2.05) is 6.92 Å². The third-order valence-electron chi connectivity index (χ3n) is 2.93. The molecule has 0 spiro atoms. The summed E-state index contributed by atoms with van der Waals surface area (Å²) < 4.78 is 0. The van der Waals surface area contributed by atoms with Crippen LogP contribution in [0.2, 0.25) is 0 Å². The molecule has 0 saturated carbocycles. The predicted molar refractivity (Wildman–Crippen MR) is 73.7 cm³/mol. The molecule has 1 aromatic carbocycles. The summed E-state index contributed by atoms with van der Waals surface area (Å²) in [5, 5.41) is 0. The molecule has 0 aromatic heterocycles. The maximum absolute atomic E-state index is 2.33. The second-order valence-electron chi connectivity index (χ2n) is 4.07. The van der Waals surface area contributed by atoms with Crippen molar-refractivity contribution in [2.75, 3.05) is 0 Å². The fourth-order valence-electron chi connectivity index (χ4n) is 1.85. The van der Waals surface area contributed by atoms with Crippen molar-refractivity contribution >= 4 is 5.57 Å². The minimum Gasteiger partial charge on any atom is -0.0877 e. The van der Waals surface area contributed by atoms with Gasteiger partial charge in [0.2, 0.25) is 0 Å². The second-order valence-corrected chi connectivity index (χ2v) is 4.07. The summed E-state index contributed by atoms with van der Waals surface area (Å²) in [6.07, 6.45) is 8.56. The van der Waals surface area contributed by atoms with E-state index in [2.05, 4.69) is 57.2 Å². The van der Waals surface area contributed by atoms with E-state index in [0.717, 1.165) is 12.8 Å². The van der Waals surface area contributed by atoms with E-state index in [0.29, 0.717) is 0 Å². The molecule has 0 saturated heterocycles. The molecule has 86 valence electrons. The normalized spacial score (nSPS) is 12.4. The lowest BCUT2D eigenvalue weighted by atomic mass is 9.95. The Labute approximate surface area is 99.7 Å². The van der Waals surface area contributed by atoms with Gasteiger partial charge >= 0.3 is 0 Å². The summed E-state index contributed by atoms with van der Waals surface area (Å²) in [4.78, 5) is 0. The molecule has 0 atom stereocenters. The van der Waals surface area contributed by atoms with Gasteiger partial charge in [-0.05, 0) is 49.0 Å². The topological polar surface area (TPSA) is 0 Å². The first-order valence-electron chi connectivity index (χ1n) is 6.14. The summed E-state index contributed by atoms with van der Waals surface area (Å²) in [6, 6.07) is 6.83. The van der Waals surface area contributed by atoms with Gasteiger partial charge in [0.1, 0.15) is 0 Å². The Morgan fingerprint density at radius 2 is 1.94 bits per heavy atom. The highest BCUT2D eigenvalue weighted by molar-refractivity contribution is 5.68. The Bertz CT molecular complexity index is 394. The zero-order valence-electron chi connectivity index (χ0n) is 10.9. The van der Waals surface area contributed by atoms with E-state index in [4.69, 9.17) is 0 Å². The molecule has 0 unspecified atom stereocenters. The van der Waals surface area contributed by atoms with Gasteiger partial charge in [0, 0.05) is 0 Å². The van der Waals surface area contributed by atoms with Crippen LogP contribution in [0.1, 0.15) is 44.4 Å². The molecule has 0 radical (unpaired) electrons. The largest absolute Gasteiger partial charge is 0.0877 e. The molecule has 0 aliphatic heterocycles. The van der Waals surface area contributed by atoms with E-state index < -0.39 is 0 Å².